The Morgan fingerprint density at radius 3 is 2.60 bits per heavy atom. The second kappa shape index (κ2) is 2.69. The van der Waals surface area contributed by atoms with Crippen LogP contribution in [0, 0.1) is 5.92 Å². The number of nitrogens with zero attached hydrogens (tertiary/aromatic N) is 1. The van der Waals surface area contributed by atoms with Crippen molar-refractivity contribution in [1.82, 2.24) is 4.98 Å². The molecule has 1 radical (unpaired) electrons. The van der Waals surface area contributed by atoms with E-state index in [9.17, 15) is 5.11 Å². The normalized spacial score (nSPS) is 10.3. The van der Waals surface area contributed by atoms with Crippen molar-refractivity contribution in [2.24, 2.45) is 0 Å². The van der Waals surface area contributed by atoms with Gasteiger partial charge in [0.05, 0.1) is 5.69 Å². The van der Waals surface area contributed by atoms with Crippen molar-refractivity contribution in [3.8, 4) is 5.75 Å². The number of rotatable bonds is 1. The van der Waals surface area contributed by atoms with E-state index in [0.717, 1.165) is 5.92 Å². The van der Waals surface area contributed by atoms with Gasteiger partial charge in [-0.2, -0.15) is 0 Å². The molecule has 0 aliphatic rings. The van der Waals surface area contributed by atoms with Gasteiger partial charge in [0.15, 0.2) is 0 Å². The Kier molecular flexibility index (Phi) is 1.90. The number of aromatic nitrogens is 1. The Balaban J connectivity index is 3.03. The van der Waals surface area contributed by atoms with E-state index in [2.05, 4.69) is 4.98 Å². The van der Waals surface area contributed by atoms with Gasteiger partial charge >= 0.3 is 0 Å². The standard InChI is InChI=1S/C8H10NO/c1-6(2)8-7(10)4-3-5-9-8/h3-5,10H,1-2H3. The van der Waals surface area contributed by atoms with Gasteiger partial charge < -0.3 is 5.11 Å². The van der Waals surface area contributed by atoms with Crippen molar-refractivity contribution in [3.63, 3.8) is 0 Å². The number of hydrogen-bond donors (Lipinski definition) is 1. The number of aromatic hydroxyl groups is 1. The summed E-state index contributed by atoms with van der Waals surface area (Å²) in [6, 6.07) is 3.34. The third-order valence-corrected chi connectivity index (χ3v) is 1.26. The van der Waals surface area contributed by atoms with Crippen molar-refractivity contribution in [1.29, 1.82) is 0 Å². The molecular formula is C8H10NO. The predicted molar refractivity (Wildman–Crippen MR) is 39.6 cm³/mol. The van der Waals surface area contributed by atoms with Crippen molar-refractivity contribution in [2.45, 2.75) is 13.8 Å². The van der Waals surface area contributed by atoms with Gasteiger partial charge in [0, 0.05) is 12.1 Å². The van der Waals surface area contributed by atoms with E-state index in [0.29, 0.717) is 5.69 Å². The first-order valence-corrected chi connectivity index (χ1v) is 3.16. The summed E-state index contributed by atoms with van der Waals surface area (Å²) in [4.78, 5) is 3.99. The van der Waals surface area contributed by atoms with Gasteiger partial charge in [0.2, 0.25) is 0 Å². The van der Waals surface area contributed by atoms with E-state index in [1.54, 1.807) is 18.3 Å². The van der Waals surface area contributed by atoms with Gasteiger partial charge in [0.1, 0.15) is 5.75 Å². The number of hydrogen-bond acceptors (Lipinski definition) is 2. The minimum atomic E-state index is 0.252. The average Bonchev–Trinajstić information content (AvgIpc) is 1.88. The predicted octanol–water partition coefficient (Wildman–Crippen LogP) is 1.75. The molecule has 0 unspecified atom stereocenters. The summed E-state index contributed by atoms with van der Waals surface area (Å²) in [5.41, 5.74) is 0.683. The van der Waals surface area contributed by atoms with E-state index in [1.807, 2.05) is 13.8 Å². The third-order valence-electron chi connectivity index (χ3n) is 1.26. The average molecular weight is 136 g/mol. The molecule has 53 valence electrons. The van der Waals surface area contributed by atoms with Gasteiger partial charge in [-0.3, -0.25) is 4.98 Å². The van der Waals surface area contributed by atoms with Crippen LogP contribution in [-0.4, -0.2) is 10.1 Å². The van der Waals surface area contributed by atoms with E-state index >= 15 is 0 Å². The lowest BCUT2D eigenvalue weighted by Gasteiger charge is -2.03. The summed E-state index contributed by atoms with van der Waals surface area (Å²) in [5.74, 6) is 1.28. The zero-order valence-electron chi connectivity index (χ0n) is 6.13. The van der Waals surface area contributed by atoms with E-state index in [1.165, 1.54) is 0 Å². The quantitative estimate of drug-likeness (QED) is 0.638. The lowest BCUT2D eigenvalue weighted by atomic mass is 10.1. The second-order valence-electron chi connectivity index (χ2n) is 2.37. The van der Waals surface area contributed by atoms with Crippen LogP contribution in [0.15, 0.2) is 18.3 Å². The molecule has 1 N–H and O–H groups in total. The summed E-state index contributed by atoms with van der Waals surface area (Å²) in [6.45, 7) is 3.84. The van der Waals surface area contributed by atoms with E-state index < -0.39 is 0 Å². The fourth-order valence-corrected chi connectivity index (χ4v) is 0.782. The van der Waals surface area contributed by atoms with Crippen LogP contribution in [-0.2, 0) is 0 Å². The third kappa shape index (κ3) is 1.26. The molecule has 0 aliphatic carbocycles. The van der Waals surface area contributed by atoms with Crippen LogP contribution in [0.25, 0.3) is 0 Å². The highest BCUT2D eigenvalue weighted by Gasteiger charge is 2.04. The van der Waals surface area contributed by atoms with Crippen LogP contribution < -0.4 is 0 Å². The number of pyridine rings is 1. The zero-order chi connectivity index (χ0) is 7.56. The minimum absolute atomic E-state index is 0.252. The van der Waals surface area contributed by atoms with Crippen LogP contribution in [0.1, 0.15) is 19.5 Å². The second-order valence-corrected chi connectivity index (χ2v) is 2.37. The monoisotopic (exact) mass is 136 g/mol. The Bertz CT molecular complexity index is 220. The molecule has 0 atom stereocenters. The summed E-state index contributed by atoms with van der Waals surface area (Å²) < 4.78 is 0. The molecule has 2 nitrogen and oxygen atoms in total. The van der Waals surface area contributed by atoms with Crippen LogP contribution in [0.2, 0.25) is 0 Å². The smallest absolute Gasteiger partial charge is 0.137 e. The lowest BCUT2D eigenvalue weighted by Crippen LogP contribution is -1.91. The van der Waals surface area contributed by atoms with Crippen LogP contribution in [0.5, 0.6) is 5.75 Å². The molecule has 1 aromatic rings. The molecule has 10 heavy (non-hydrogen) atoms. The Labute approximate surface area is 60.5 Å². The maximum absolute atomic E-state index is 9.20. The molecule has 1 rings (SSSR count). The topological polar surface area (TPSA) is 33.1 Å². The fraction of sp³-hybridized carbons (Fsp3) is 0.250. The molecule has 1 heterocycles. The van der Waals surface area contributed by atoms with Gasteiger partial charge in [-0.1, -0.05) is 13.8 Å². The van der Waals surface area contributed by atoms with Crippen LogP contribution in [0.3, 0.4) is 0 Å². The molecule has 0 spiro atoms. The minimum Gasteiger partial charge on any atom is -0.506 e. The fourth-order valence-electron chi connectivity index (χ4n) is 0.782. The Morgan fingerprint density at radius 1 is 1.50 bits per heavy atom. The molecule has 0 fully saturated rings. The molecule has 2 heteroatoms. The largest absolute Gasteiger partial charge is 0.506 e. The highest BCUT2D eigenvalue weighted by molar-refractivity contribution is 5.34. The zero-order valence-corrected chi connectivity index (χ0v) is 6.13. The van der Waals surface area contributed by atoms with Gasteiger partial charge in [-0.15, -0.1) is 0 Å². The van der Waals surface area contributed by atoms with E-state index in [-0.39, 0.29) is 5.75 Å². The molecule has 0 aromatic carbocycles. The molecular weight excluding hydrogens is 126 g/mol. The highest BCUT2D eigenvalue weighted by Crippen LogP contribution is 2.20. The van der Waals surface area contributed by atoms with E-state index in [4.69, 9.17) is 0 Å². The summed E-state index contributed by atoms with van der Waals surface area (Å²) in [7, 11) is 0. The maximum atomic E-state index is 9.20. The molecule has 0 saturated heterocycles. The maximum Gasteiger partial charge on any atom is 0.137 e. The van der Waals surface area contributed by atoms with Crippen molar-refractivity contribution in [2.75, 3.05) is 0 Å². The van der Waals surface area contributed by atoms with Crippen LogP contribution in [0.4, 0.5) is 0 Å². The van der Waals surface area contributed by atoms with Crippen molar-refractivity contribution < 1.29 is 5.11 Å². The highest BCUT2D eigenvalue weighted by atomic mass is 16.3. The Morgan fingerprint density at radius 2 is 2.20 bits per heavy atom. The van der Waals surface area contributed by atoms with Gasteiger partial charge in [0.25, 0.3) is 0 Å². The summed E-state index contributed by atoms with van der Waals surface area (Å²) in [6.07, 6.45) is 1.67. The first kappa shape index (κ1) is 7.06. The molecule has 0 aliphatic heterocycles. The summed E-state index contributed by atoms with van der Waals surface area (Å²) >= 11 is 0. The molecule has 0 saturated carbocycles. The first-order chi connectivity index (χ1) is 4.72. The molecule has 1 aromatic heterocycles. The summed E-state index contributed by atoms with van der Waals surface area (Å²) in [5, 5.41) is 9.20. The molecule has 0 bridgehead atoms. The van der Waals surface area contributed by atoms with Gasteiger partial charge in [-0.05, 0) is 12.1 Å². The van der Waals surface area contributed by atoms with Crippen molar-refractivity contribution >= 4 is 0 Å². The van der Waals surface area contributed by atoms with Crippen molar-refractivity contribution in [3.05, 3.63) is 29.9 Å². The van der Waals surface area contributed by atoms with Crippen LogP contribution >= 0.6 is 0 Å². The first-order valence-electron chi connectivity index (χ1n) is 3.16. The SMILES string of the molecule is C[C](C)c1ncccc1O. The van der Waals surface area contributed by atoms with Gasteiger partial charge in [-0.25, -0.2) is 0 Å². The lowest BCUT2D eigenvalue weighted by molar-refractivity contribution is 0.467. The Hall–Kier alpha value is -1.05. The molecule has 0 amide bonds.